The number of hydrogen-bond donors (Lipinski definition) is 1. The number of rotatable bonds is 3. The van der Waals surface area contributed by atoms with E-state index in [1.54, 1.807) is 24.0 Å². The molecule has 0 saturated carbocycles. The molecule has 2 aromatic rings. The fourth-order valence-electron chi connectivity index (χ4n) is 0.999. The SMILES string of the molecule is Cn1ccc(Nc2ncc([N+](=O)[O-])s2)n1. The standard InChI is InChI=1S/C7H7N5O2S/c1-11-3-2-5(10-11)9-7-8-4-6(15-7)12(13)14/h2-4H,1H3,(H,8,9,10). The molecule has 0 fully saturated rings. The van der Waals surface area contributed by atoms with Crippen molar-refractivity contribution in [3.8, 4) is 0 Å². The van der Waals surface area contributed by atoms with Crippen LogP contribution < -0.4 is 5.32 Å². The molecule has 15 heavy (non-hydrogen) atoms. The molecule has 2 rings (SSSR count). The Labute approximate surface area is 88.5 Å². The van der Waals surface area contributed by atoms with Gasteiger partial charge in [0.15, 0.2) is 10.9 Å². The fraction of sp³-hybridized carbons (Fsp3) is 0.143. The lowest BCUT2D eigenvalue weighted by Gasteiger charge is -1.94. The minimum Gasteiger partial charge on any atom is -0.315 e. The van der Waals surface area contributed by atoms with Gasteiger partial charge in [-0.25, -0.2) is 4.98 Å². The predicted octanol–water partition coefficient (Wildman–Crippen LogP) is 1.53. The van der Waals surface area contributed by atoms with E-state index in [0.717, 1.165) is 11.3 Å². The van der Waals surface area contributed by atoms with Gasteiger partial charge in [-0.2, -0.15) is 5.10 Å². The first-order valence-corrected chi connectivity index (χ1v) is 4.84. The van der Waals surface area contributed by atoms with Crippen molar-refractivity contribution in [1.29, 1.82) is 0 Å². The van der Waals surface area contributed by atoms with Crippen LogP contribution in [0.1, 0.15) is 0 Å². The average molecular weight is 225 g/mol. The quantitative estimate of drug-likeness (QED) is 0.632. The third-order valence-corrected chi connectivity index (χ3v) is 2.49. The minimum absolute atomic E-state index is 0.00781. The van der Waals surface area contributed by atoms with Crippen molar-refractivity contribution < 1.29 is 4.92 Å². The molecular formula is C7H7N5O2S. The molecule has 0 atom stereocenters. The largest absolute Gasteiger partial charge is 0.345 e. The number of thiazole rings is 1. The summed E-state index contributed by atoms with van der Waals surface area (Å²) in [5.41, 5.74) is 0. The van der Waals surface area contributed by atoms with E-state index in [0.29, 0.717) is 10.9 Å². The second kappa shape index (κ2) is 3.65. The van der Waals surface area contributed by atoms with Gasteiger partial charge >= 0.3 is 5.00 Å². The van der Waals surface area contributed by atoms with Gasteiger partial charge in [0.05, 0.1) is 4.92 Å². The molecule has 0 bridgehead atoms. The molecule has 7 nitrogen and oxygen atoms in total. The first-order chi connectivity index (χ1) is 7.15. The fourth-order valence-corrected chi connectivity index (χ4v) is 1.64. The molecule has 8 heteroatoms. The Hall–Kier alpha value is -1.96. The molecular weight excluding hydrogens is 218 g/mol. The van der Waals surface area contributed by atoms with E-state index < -0.39 is 4.92 Å². The zero-order valence-electron chi connectivity index (χ0n) is 7.75. The van der Waals surface area contributed by atoms with Gasteiger partial charge in [0.2, 0.25) is 0 Å². The van der Waals surface area contributed by atoms with Crippen LogP contribution in [0.25, 0.3) is 0 Å². The molecule has 0 amide bonds. The highest BCUT2D eigenvalue weighted by Gasteiger charge is 2.11. The number of aromatic nitrogens is 3. The number of nitro groups is 1. The molecule has 0 aromatic carbocycles. The van der Waals surface area contributed by atoms with E-state index in [9.17, 15) is 10.1 Å². The van der Waals surface area contributed by atoms with Gasteiger partial charge in [-0.05, 0) is 11.3 Å². The normalized spacial score (nSPS) is 10.2. The number of hydrogen-bond acceptors (Lipinski definition) is 6. The van der Waals surface area contributed by atoms with Crippen LogP contribution in [0.2, 0.25) is 0 Å². The van der Waals surface area contributed by atoms with Gasteiger partial charge in [-0.1, -0.05) is 0 Å². The topological polar surface area (TPSA) is 85.9 Å². The van der Waals surface area contributed by atoms with Crippen molar-refractivity contribution in [1.82, 2.24) is 14.8 Å². The first kappa shape index (κ1) is 9.59. The number of aryl methyl sites for hydroxylation is 1. The average Bonchev–Trinajstić information content (AvgIpc) is 2.76. The van der Waals surface area contributed by atoms with Crippen LogP contribution >= 0.6 is 11.3 Å². The Morgan fingerprint density at radius 3 is 3.00 bits per heavy atom. The van der Waals surface area contributed by atoms with Crippen LogP contribution in [0.4, 0.5) is 16.0 Å². The van der Waals surface area contributed by atoms with Crippen molar-refractivity contribution in [2.75, 3.05) is 5.32 Å². The Kier molecular flexibility index (Phi) is 2.34. The summed E-state index contributed by atoms with van der Waals surface area (Å²) < 4.78 is 1.63. The summed E-state index contributed by atoms with van der Waals surface area (Å²) in [4.78, 5) is 13.8. The molecule has 2 aromatic heterocycles. The Morgan fingerprint density at radius 2 is 2.47 bits per heavy atom. The smallest absolute Gasteiger partial charge is 0.315 e. The van der Waals surface area contributed by atoms with Gasteiger partial charge in [-0.15, -0.1) is 0 Å². The van der Waals surface area contributed by atoms with E-state index in [-0.39, 0.29) is 5.00 Å². The molecule has 0 unspecified atom stereocenters. The molecule has 0 aliphatic carbocycles. The van der Waals surface area contributed by atoms with Gasteiger partial charge in [0.25, 0.3) is 0 Å². The Balaban J connectivity index is 2.14. The maximum absolute atomic E-state index is 10.4. The van der Waals surface area contributed by atoms with E-state index >= 15 is 0 Å². The maximum atomic E-state index is 10.4. The highest BCUT2D eigenvalue weighted by Crippen LogP contribution is 2.26. The van der Waals surface area contributed by atoms with Crippen LogP contribution in [0.3, 0.4) is 0 Å². The van der Waals surface area contributed by atoms with Crippen LogP contribution in [0.15, 0.2) is 18.5 Å². The van der Waals surface area contributed by atoms with Crippen LogP contribution in [-0.2, 0) is 7.05 Å². The van der Waals surface area contributed by atoms with Crippen molar-refractivity contribution in [2.45, 2.75) is 0 Å². The van der Waals surface area contributed by atoms with Crippen LogP contribution in [-0.4, -0.2) is 19.7 Å². The van der Waals surface area contributed by atoms with Gasteiger partial charge in [0, 0.05) is 19.3 Å². The highest BCUT2D eigenvalue weighted by atomic mass is 32.1. The Morgan fingerprint density at radius 1 is 1.67 bits per heavy atom. The summed E-state index contributed by atoms with van der Waals surface area (Å²) >= 11 is 0.975. The van der Waals surface area contributed by atoms with Gasteiger partial charge in [0.1, 0.15) is 6.20 Å². The van der Waals surface area contributed by atoms with Crippen LogP contribution in [0.5, 0.6) is 0 Å². The zero-order valence-corrected chi connectivity index (χ0v) is 8.56. The summed E-state index contributed by atoms with van der Waals surface area (Å²) in [5.74, 6) is 0.613. The second-order valence-electron chi connectivity index (χ2n) is 2.76. The second-order valence-corrected chi connectivity index (χ2v) is 3.77. The number of anilines is 2. The minimum atomic E-state index is -0.471. The van der Waals surface area contributed by atoms with Crippen LogP contribution in [0, 0.1) is 10.1 Å². The lowest BCUT2D eigenvalue weighted by molar-refractivity contribution is -0.380. The summed E-state index contributed by atoms with van der Waals surface area (Å²) in [6.45, 7) is 0. The van der Waals surface area contributed by atoms with E-state index in [4.69, 9.17) is 0 Å². The molecule has 1 N–H and O–H groups in total. The van der Waals surface area contributed by atoms with Crippen molar-refractivity contribution >= 4 is 27.3 Å². The molecule has 0 saturated heterocycles. The molecule has 78 valence electrons. The van der Waals surface area contributed by atoms with E-state index in [1.807, 2.05) is 0 Å². The summed E-state index contributed by atoms with van der Waals surface area (Å²) in [7, 11) is 1.79. The van der Waals surface area contributed by atoms with E-state index in [2.05, 4.69) is 15.4 Å². The first-order valence-electron chi connectivity index (χ1n) is 4.02. The van der Waals surface area contributed by atoms with Gasteiger partial charge < -0.3 is 5.32 Å². The summed E-state index contributed by atoms with van der Waals surface area (Å²) in [6, 6.07) is 1.76. The maximum Gasteiger partial charge on any atom is 0.345 e. The lowest BCUT2D eigenvalue weighted by atomic mass is 10.6. The highest BCUT2D eigenvalue weighted by molar-refractivity contribution is 7.18. The van der Waals surface area contributed by atoms with Gasteiger partial charge in [-0.3, -0.25) is 14.8 Å². The van der Waals surface area contributed by atoms with E-state index in [1.165, 1.54) is 6.20 Å². The molecule has 0 aliphatic heterocycles. The molecule has 2 heterocycles. The Bertz CT molecular complexity index is 491. The number of nitrogens with one attached hydrogen (secondary N) is 1. The number of nitrogens with zero attached hydrogens (tertiary/aromatic N) is 4. The lowest BCUT2D eigenvalue weighted by Crippen LogP contribution is -1.92. The van der Waals surface area contributed by atoms with Crippen molar-refractivity contribution in [3.05, 3.63) is 28.6 Å². The zero-order chi connectivity index (χ0) is 10.8. The third kappa shape index (κ3) is 2.10. The molecule has 0 radical (unpaired) electrons. The summed E-state index contributed by atoms with van der Waals surface area (Å²) in [6.07, 6.45) is 2.99. The monoisotopic (exact) mass is 225 g/mol. The van der Waals surface area contributed by atoms with Crippen molar-refractivity contribution in [2.24, 2.45) is 7.05 Å². The molecule has 0 aliphatic rings. The van der Waals surface area contributed by atoms with Crippen molar-refractivity contribution in [3.63, 3.8) is 0 Å². The predicted molar refractivity (Wildman–Crippen MR) is 55.3 cm³/mol. The third-order valence-electron chi connectivity index (χ3n) is 1.62. The molecule has 0 spiro atoms. The summed E-state index contributed by atoms with van der Waals surface area (Å²) in [5, 5.41) is 17.8.